The number of sulfonamides is 2. The lowest BCUT2D eigenvalue weighted by atomic mass is 10.0. The van der Waals surface area contributed by atoms with Crippen LogP contribution >= 0.6 is 0 Å². The Labute approximate surface area is 226 Å². The van der Waals surface area contributed by atoms with Crippen molar-refractivity contribution in [3.05, 3.63) is 71.5 Å². The minimum Gasteiger partial charge on any atom is -0.334 e. The maximum absolute atomic E-state index is 13.6. The molecule has 0 aromatic heterocycles. The van der Waals surface area contributed by atoms with Crippen molar-refractivity contribution < 1.29 is 26.0 Å². The van der Waals surface area contributed by atoms with Gasteiger partial charge in [0.05, 0.1) is 18.1 Å². The van der Waals surface area contributed by atoms with Crippen LogP contribution in [0.25, 0.3) is 0 Å². The standard InChI is InChI=1S/C27H38FN3O5S2/c1-3-16-30(37(33,34)19-4-2)21-27(32)31(20-23-10-12-25(28)13-11-23)26-14-17-29(18-15-26)38(35,36)22-24-8-6-5-7-9-24/h5-13,26H,3-4,14-22H2,1-2H3. The zero-order valence-corrected chi connectivity index (χ0v) is 23.8. The third-order valence-corrected chi connectivity index (χ3v) is 10.5. The summed E-state index contributed by atoms with van der Waals surface area (Å²) in [6, 6.07) is 14.6. The van der Waals surface area contributed by atoms with Crippen molar-refractivity contribution in [2.24, 2.45) is 0 Å². The highest BCUT2D eigenvalue weighted by atomic mass is 32.2. The first-order valence-electron chi connectivity index (χ1n) is 13.1. The van der Waals surface area contributed by atoms with Crippen LogP contribution < -0.4 is 0 Å². The van der Waals surface area contributed by atoms with Crippen molar-refractivity contribution in [2.75, 3.05) is 31.9 Å². The summed E-state index contributed by atoms with van der Waals surface area (Å²) in [5.41, 5.74) is 1.43. The highest BCUT2D eigenvalue weighted by Crippen LogP contribution is 2.24. The number of benzene rings is 2. The summed E-state index contributed by atoms with van der Waals surface area (Å²) in [6.45, 7) is 4.33. The van der Waals surface area contributed by atoms with Crippen LogP contribution in [-0.4, -0.2) is 74.2 Å². The van der Waals surface area contributed by atoms with Crippen LogP contribution in [0.15, 0.2) is 54.6 Å². The number of piperidine rings is 1. The van der Waals surface area contributed by atoms with Crippen LogP contribution in [-0.2, 0) is 37.1 Å². The molecule has 8 nitrogen and oxygen atoms in total. The summed E-state index contributed by atoms with van der Waals surface area (Å²) in [4.78, 5) is 15.2. The molecule has 1 heterocycles. The SMILES string of the molecule is CCCN(CC(=O)N(Cc1ccc(F)cc1)C1CCN(S(=O)(=O)Cc2ccccc2)CC1)S(=O)(=O)CCC. The van der Waals surface area contributed by atoms with Crippen LogP contribution in [0, 0.1) is 5.82 Å². The first-order chi connectivity index (χ1) is 18.1. The lowest BCUT2D eigenvalue weighted by Gasteiger charge is -2.39. The molecule has 0 radical (unpaired) electrons. The molecular weight excluding hydrogens is 529 g/mol. The van der Waals surface area contributed by atoms with Gasteiger partial charge in [0.25, 0.3) is 0 Å². The first kappa shape index (κ1) is 30.2. The number of carbonyl (C=O) groups is 1. The molecule has 210 valence electrons. The molecule has 0 N–H and O–H groups in total. The van der Waals surface area contributed by atoms with Crippen LogP contribution in [0.3, 0.4) is 0 Å². The zero-order chi connectivity index (χ0) is 27.8. The Bertz CT molecular complexity index is 1250. The molecule has 11 heteroatoms. The Balaban J connectivity index is 1.76. The fourth-order valence-corrected chi connectivity index (χ4v) is 7.82. The number of hydrogen-bond acceptors (Lipinski definition) is 5. The molecule has 1 aliphatic heterocycles. The van der Waals surface area contributed by atoms with Gasteiger partial charge in [0.15, 0.2) is 0 Å². The van der Waals surface area contributed by atoms with Crippen LogP contribution in [0.2, 0.25) is 0 Å². The van der Waals surface area contributed by atoms with Crippen molar-refractivity contribution in [3.63, 3.8) is 0 Å². The molecule has 38 heavy (non-hydrogen) atoms. The topological polar surface area (TPSA) is 95.1 Å². The quantitative estimate of drug-likeness (QED) is 0.369. The minimum atomic E-state index is -3.58. The second-order valence-electron chi connectivity index (χ2n) is 9.67. The van der Waals surface area contributed by atoms with E-state index in [9.17, 15) is 26.0 Å². The van der Waals surface area contributed by atoms with E-state index >= 15 is 0 Å². The average molecular weight is 568 g/mol. The zero-order valence-electron chi connectivity index (χ0n) is 22.1. The molecule has 0 atom stereocenters. The van der Waals surface area contributed by atoms with Crippen LogP contribution in [0.5, 0.6) is 0 Å². The van der Waals surface area contributed by atoms with Crippen molar-refractivity contribution in [3.8, 4) is 0 Å². The van der Waals surface area contributed by atoms with Crippen LogP contribution in [0.1, 0.15) is 50.7 Å². The predicted octanol–water partition coefficient (Wildman–Crippen LogP) is 3.60. The molecule has 0 unspecified atom stereocenters. The van der Waals surface area contributed by atoms with Crippen molar-refractivity contribution in [2.45, 2.75) is 57.9 Å². The smallest absolute Gasteiger partial charge is 0.238 e. The summed E-state index contributed by atoms with van der Waals surface area (Å²) >= 11 is 0. The summed E-state index contributed by atoms with van der Waals surface area (Å²) in [5.74, 6) is -0.843. The Morgan fingerprint density at radius 3 is 2.13 bits per heavy atom. The minimum absolute atomic E-state index is 0.0318. The number of amides is 1. The second-order valence-corrected chi connectivity index (χ2v) is 13.7. The predicted molar refractivity (Wildman–Crippen MR) is 147 cm³/mol. The fraction of sp³-hybridized carbons (Fsp3) is 0.519. The molecule has 3 rings (SSSR count). The maximum atomic E-state index is 13.6. The van der Waals surface area contributed by atoms with Gasteiger partial charge in [-0.15, -0.1) is 0 Å². The first-order valence-corrected chi connectivity index (χ1v) is 16.3. The molecule has 0 bridgehead atoms. The van der Waals surface area contributed by atoms with E-state index in [4.69, 9.17) is 0 Å². The number of hydrogen-bond donors (Lipinski definition) is 0. The van der Waals surface area contributed by atoms with Crippen molar-refractivity contribution in [1.29, 1.82) is 0 Å². The second kappa shape index (κ2) is 13.6. The van der Waals surface area contributed by atoms with Gasteiger partial charge < -0.3 is 4.90 Å². The third kappa shape index (κ3) is 8.33. The van der Waals surface area contributed by atoms with E-state index < -0.39 is 20.0 Å². The molecule has 0 aliphatic carbocycles. The van der Waals surface area contributed by atoms with E-state index in [2.05, 4.69) is 0 Å². The Morgan fingerprint density at radius 2 is 1.55 bits per heavy atom. The molecule has 0 spiro atoms. The van der Waals surface area contributed by atoms with Gasteiger partial charge in [-0.05, 0) is 48.9 Å². The number of carbonyl (C=O) groups excluding carboxylic acids is 1. The molecule has 0 saturated carbocycles. The average Bonchev–Trinajstić information content (AvgIpc) is 2.88. The highest BCUT2D eigenvalue weighted by Gasteiger charge is 2.34. The van der Waals surface area contributed by atoms with E-state index in [1.54, 1.807) is 48.2 Å². The van der Waals surface area contributed by atoms with Gasteiger partial charge in [-0.3, -0.25) is 4.79 Å². The van der Waals surface area contributed by atoms with Gasteiger partial charge in [0.1, 0.15) is 5.82 Å². The van der Waals surface area contributed by atoms with Gasteiger partial charge >= 0.3 is 0 Å². The Morgan fingerprint density at radius 1 is 0.921 bits per heavy atom. The maximum Gasteiger partial charge on any atom is 0.238 e. The molecule has 2 aromatic carbocycles. The fourth-order valence-electron chi connectivity index (χ4n) is 4.71. The number of nitrogens with zero attached hydrogens (tertiary/aromatic N) is 3. The lowest BCUT2D eigenvalue weighted by molar-refractivity contribution is -0.135. The normalized spacial score (nSPS) is 15.6. The largest absolute Gasteiger partial charge is 0.334 e. The highest BCUT2D eigenvalue weighted by molar-refractivity contribution is 7.89. The monoisotopic (exact) mass is 567 g/mol. The number of rotatable bonds is 13. The molecule has 1 saturated heterocycles. The summed E-state index contributed by atoms with van der Waals surface area (Å²) in [7, 11) is -7.10. The Hall–Kier alpha value is -2.34. The molecular formula is C27H38FN3O5S2. The van der Waals surface area contributed by atoms with Gasteiger partial charge in [-0.1, -0.05) is 56.3 Å². The van der Waals surface area contributed by atoms with Gasteiger partial charge in [0.2, 0.25) is 26.0 Å². The van der Waals surface area contributed by atoms with E-state index in [1.807, 2.05) is 13.0 Å². The molecule has 1 aliphatic rings. The summed E-state index contributed by atoms with van der Waals surface area (Å²) in [5, 5.41) is 0. The van der Waals surface area contributed by atoms with Crippen molar-refractivity contribution >= 4 is 26.0 Å². The molecule has 1 fully saturated rings. The van der Waals surface area contributed by atoms with E-state index in [-0.39, 0.29) is 62.0 Å². The van der Waals surface area contributed by atoms with Gasteiger partial charge in [-0.25, -0.2) is 25.5 Å². The molecule has 1 amide bonds. The number of halogens is 1. The molecule has 2 aromatic rings. The lowest BCUT2D eigenvalue weighted by Crippen LogP contribution is -2.51. The summed E-state index contributed by atoms with van der Waals surface area (Å²) < 4.78 is 67.8. The van der Waals surface area contributed by atoms with E-state index in [0.717, 1.165) is 5.56 Å². The Kier molecular flexibility index (Phi) is 10.8. The van der Waals surface area contributed by atoms with E-state index in [0.29, 0.717) is 31.2 Å². The van der Waals surface area contributed by atoms with Gasteiger partial charge in [0, 0.05) is 32.2 Å². The summed E-state index contributed by atoms with van der Waals surface area (Å²) in [6.07, 6.45) is 1.88. The third-order valence-electron chi connectivity index (χ3n) is 6.68. The van der Waals surface area contributed by atoms with Crippen LogP contribution in [0.4, 0.5) is 4.39 Å². The van der Waals surface area contributed by atoms with E-state index in [1.165, 1.54) is 20.7 Å². The van der Waals surface area contributed by atoms with Gasteiger partial charge in [-0.2, -0.15) is 4.31 Å². The van der Waals surface area contributed by atoms with Crippen molar-refractivity contribution in [1.82, 2.24) is 13.5 Å².